The largest absolute Gasteiger partial charge is 0.329 e. The minimum atomic E-state index is -3.37. The average molecular weight is 260 g/mol. The Balaban J connectivity index is 2.12. The molecular weight excluding hydrogens is 244 g/mol. The Morgan fingerprint density at radius 3 is 2.69 bits per heavy atom. The van der Waals surface area contributed by atoms with E-state index in [4.69, 9.17) is 5.73 Å². The molecule has 90 valence electrons. The second kappa shape index (κ2) is 4.44. The molecule has 1 aromatic rings. The molecule has 1 atom stereocenters. The molecule has 1 fully saturated rings. The monoisotopic (exact) mass is 260 g/mol. The zero-order valence-corrected chi connectivity index (χ0v) is 10.8. The molecule has 0 bridgehead atoms. The van der Waals surface area contributed by atoms with Gasteiger partial charge in [0, 0.05) is 17.5 Å². The number of aryl methyl sites for hydroxylation is 1. The first-order valence-corrected chi connectivity index (χ1v) is 7.62. The molecule has 16 heavy (non-hydrogen) atoms. The molecule has 0 spiro atoms. The molecule has 2 rings (SSSR count). The van der Waals surface area contributed by atoms with Crippen LogP contribution >= 0.6 is 11.3 Å². The summed E-state index contributed by atoms with van der Waals surface area (Å²) in [7, 11) is -3.37. The summed E-state index contributed by atoms with van der Waals surface area (Å²) in [6, 6.07) is 3.35. The van der Waals surface area contributed by atoms with Gasteiger partial charge in [0.15, 0.2) is 0 Å². The Morgan fingerprint density at radius 1 is 1.56 bits per heavy atom. The average Bonchev–Trinajstić information content (AvgIpc) is 2.97. The Labute approximate surface area is 99.9 Å². The number of hydrogen-bond donors (Lipinski definition) is 2. The maximum Gasteiger partial charge on any atom is 0.250 e. The molecule has 1 aromatic heterocycles. The second-order valence-corrected chi connectivity index (χ2v) is 7.39. The van der Waals surface area contributed by atoms with Crippen molar-refractivity contribution in [3.8, 4) is 0 Å². The van der Waals surface area contributed by atoms with Gasteiger partial charge in [0.25, 0.3) is 0 Å². The third-order valence-electron chi connectivity index (χ3n) is 2.73. The highest BCUT2D eigenvalue weighted by Crippen LogP contribution is 2.33. The van der Waals surface area contributed by atoms with Gasteiger partial charge in [-0.3, -0.25) is 0 Å². The standard InChI is InChI=1S/C10H16N2O2S2/c1-7-2-5-10(15-7)16(13,14)12-9(6-11)8-3-4-8/h2,5,8-9,12H,3-4,6,11H2,1H3. The molecule has 1 aliphatic carbocycles. The molecule has 0 saturated heterocycles. The maximum absolute atomic E-state index is 12.0. The summed E-state index contributed by atoms with van der Waals surface area (Å²) in [6.45, 7) is 2.26. The van der Waals surface area contributed by atoms with Crippen molar-refractivity contribution in [1.29, 1.82) is 0 Å². The molecule has 1 aliphatic rings. The third-order valence-corrected chi connectivity index (χ3v) is 5.71. The Hall–Kier alpha value is -0.430. The lowest BCUT2D eigenvalue weighted by molar-refractivity contribution is 0.520. The van der Waals surface area contributed by atoms with Crippen LogP contribution in [-0.2, 0) is 10.0 Å². The van der Waals surface area contributed by atoms with Crippen molar-refractivity contribution >= 4 is 21.4 Å². The van der Waals surface area contributed by atoms with Crippen molar-refractivity contribution in [2.75, 3.05) is 6.54 Å². The maximum atomic E-state index is 12.0. The molecular formula is C10H16N2O2S2. The van der Waals surface area contributed by atoms with E-state index in [9.17, 15) is 8.42 Å². The van der Waals surface area contributed by atoms with Gasteiger partial charge < -0.3 is 5.73 Å². The number of thiophene rings is 1. The number of sulfonamides is 1. The summed E-state index contributed by atoms with van der Waals surface area (Å²) >= 11 is 1.29. The molecule has 0 aromatic carbocycles. The van der Waals surface area contributed by atoms with E-state index in [1.807, 2.05) is 13.0 Å². The van der Waals surface area contributed by atoms with Crippen molar-refractivity contribution in [3.63, 3.8) is 0 Å². The van der Waals surface area contributed by atoms with Crippen LogP contribution in [0.5, 0.6) is 0 Å². The van der Waals surface area contributed by atoms with E-state index in [1.54, 1.807) is 6.07 Å². The smallest absolute Gasteiger partial charge is 0.250 e. The summed E-state index contributed by atoms with van der Waals surface area (Å²) in [5, 5.41) is 0. The molecule has 0 aliphatic heterocycles. The van der Waals surface area contributed by atoms with Gasteiger partial charge in [-0.25, -0.2) is 13.1 Å². The predicted molar refractivity (Wildman–Crippen MR) is 64.9 cm³/mol. The highest BCUT2D eigenvalue weighted by Gasteiger charge is 2.33. The lowest BCUT2D eigenvalue weighted by Crippen LogP contribution is -2.41. The number of hydrogen-bond acceptors (Lipinski definition) is 4. The molecule has 0 radical (unpaired) electrons. The van der Waals surface area contributed by atoms with E-state index in [-0.39, 0.29) is 6.04 Å². The lowest BCUT2D eigenvalue weighted by Gasteiger charge is -2.15. The van der Waals surface area contributed by atoms with Gasteiger partial charge in [0.1, 0.15) is 4.21 Å². The fourth-order valence-corrected chi connectivity index (χ4v) is 4.27. The fraction of sp³-hybridized carbons (Fsp3) is 0.600. The molecule has 1 unspecified atom stereocenters. The number of nitrogens with two attached hydrogens (primary N) is 1. The summed E-state index contributed by atoms with van der Waals surface area (Å²) < 4.78 is 27.1. The Bertz CT molecular complexity index is 463. The Morgan fingerprint density at radius 2 is 2.25 bits per heavy atom. The van der Waals surface area contributed by atoms with Crippen molar-refractivity contribution in [1.82, 2.24) is 4.72 Å². The van der Waals surface area contributed by atoms with Crippen molar-refractivity contribution in [2.24, 2.45) is 11.7 Å². The summed E-state index contributed by atoms with van der Waals surface area (Å²) in [5.41, 5.74) is 5.58. The van der Waals surface area contributed by atoms with Crippen LogP contribution in [0.1, 0.15) is 17.7 Å². The van der Waals surface area contributed by atoms with Gasteiger partial charge >= 0.3 is 0 Å². The van der Waals surface area contributed by atoms with Gasteiger partial charge in [-0.05, 0) is 37.8 Å². The second-order valence-electron chi connectivity index (χ2n) is 4.17. The predicted octanol–water partition coefficient (Wildman–Crippen LogP) is 1.07. The molecule has 1 saturated carbocycles. The van der Waals surface area contributed by atoms with Crippen LogP contribution in [0.3, 0.4) is 0 Å². The summed E-state index contributed by atoms with van der Waals surface area (Å²) in [6.07, 6.45) is 2.15. The van der Waals surface area contributed by atoms with Crippen molar-refractivity contribution in [2.45, 2.75) is 30.0 Å². The third kappa shape index (κ3) is 2.63. The van der Waals surface area contributed by atoms with Gasteiger partial charge in [0.05, 0.1) is 0 Å². The van der Waals surface area contributed by atoms with Gasteiger partial charge in [-0.15, -0.1) is 11.3 Å². The number of nitrogens with one attached hydrogen (secondary N) is 1. The molecule has 0 amide bonds. The van der Waals surface area contributed by atoms with Crippen LogP contribution in [-0.4, -0.2) is 21.0 Å². The van der Waals surface area contributed by atoms with E-state index < -0.39 is 10.0 Å². The summed E-state index contributed by atoms with van der Waals surface area (Å²) in [4.78, 5) is 0.996. The van der Waals surface area contributed by atoms with Crippen LogP contribution in [0.4, 0.5) is 0 Å². The topological polar surface area (TPSA) is 72.2 Å². The van der Waals surface area contributed by atoms with E-state index in [0.717, 1.165) is 17.7 Å². The van der Waals surface area contributed by atoms with Crippen LogP contribution in [0.15, 0.2) is 16.3 Å². The van der Waals surface area contributed by atoms with Crippen molar-refractivity contribution < 1.29 is 8.42 Å². The normalized spacial score (nSPS) is 18.6. The zero-order valence-electron chi connectivity index (χ0n) is 9.14. The van der Waals surface area contributed by atoms with Crippen LogP contribution in [0.2, 0.25) is 0 Å². The first-order chi connectivity index (χ1) is 7.53. The van der Waals surface area contributed by atoms with Crippen LogP contribution < -0.4 is 10.5 Å². The first kappa shape index (κ1) is 12.0. The van der Waals surface area contributed by atoms with Crippen LogP contribution in [0, 0.1) is 12.8 Å². The molecule has 3 N–H and O–H groups in total. The van der Waals surface area contributed by atoms with E-state index in [0.29, 0.717) is 16.7 Å². The molecule has 4 nitrogen and oxygen atoms in total. The Kier molecular flexibility index (Phi) is 3.34. The van der Waals surface area contributed by atoms with E-state index in [2.05, 4.69) is 4.72 Å². The van der Waals surface area contributed by atoms with Gasteiger partial charge in [-0.2, -0.15) is 0 Å². The molecule has 6 heteroatoms. The van der Waals surface area contributed by atoms with Gasteiger partial charge in [0.2, 0.25) is 10.0 Å². The highest BCUT2D eigenvalue weighted by atomic mass is 32.2. The van der Waals surface area contributed by atoms with Crippen molar-refractivity contribution in [3.05, 3.63) is 17.0 Å². The zero-order chi connectivity index (χ0) is 11.8. The van der Waals surface area contributed by atoms with E-state index >= 15 is 0 Å². The first-order valence-electron chi connectivity index (χ1n) is 5.32. The number of rotatable bonds is 5. The summed E-state index contributed by atoms with van der Waals surface area (Å²) in [5.74, 6) is 0.431. The SMILES string of the molecule is Cc1ccc(S(=O)(=O)NC(CN)C2CC2)s1. The molecule has 1 heterocycles. The minimum Gasteiger partial charge on any atom is -0.329 e. The quantitative estimate of drug-likeness (QED) is 0.832. The fourth-order valence-electron chi connectivity index (χ4n) is 1.65. The lowest BCUT2D eigenvalue weighted by atomic mass is 10.2. The van der Waals surface area contributed by atoms with Gasteiger partial charge in [-0.1, -0.05) is 0 Å². The van der Waals surface area contributed by atoms with Crippen LogP contribution in [0.25, 0.3) is 0 Å². The minimum absolute atomic E-state index is 0.104. The van der Waals surface area contributed by atoms with E-state index in [1.165, 1.54) is 11.3 Å². The highest BCUT2D eigenvalue weighted by molar-refractivity contribution is 7.91.